The molecule has 0 spiro atoms. The van der Waals surface area contributed by atoms with Crippen LogP contribution in [0, 0.1) is 25.6 Å². The molecule has 1 aliphatic heterocycles. The van der Waals surface area contributed by atoms with Crippen LogP contribution in [0.25, 0.3) is 0 Å². The minimum atomic E-state index is -0.199. The normalized spacial score (nSPS) is 15.5. The van der Waals surface area contributed by atoms with Crippen LogP contribution in [0.1, 0.15) is 40.3 Å². The van der Waals surface area contributed by atoms with Crippen LogP contribution in [0.4, 0.5) is 4.39 Å². The fraction of sp³-hybridized carbons (Fsp3) is 0.421. The van der Waals surface area contributed by atoms with Gasteiger partial charge in [0.25, 0.3) is 5.91 Å². The van der Waals surface area contributed by atoms with Crippen molar-refractivity contribution in [1.82, 2.24) is 14.9 Å². The van der Waals surface area contributed by atoms with Gasteiger partial charge in [-0.15, -0.1) is 0 Å². The summed E-state index contributed by atoms with van der Waals surface area (Å²) in [6.07, 6.45) is 4.50. The van der Waals surface area contributed by atoms with E-state index in [1.165, 1.54) is 12.1 Å². The molecular formula is C19H22FN3O. The molecule has 24 heavy (non-hydrogen) atoms. The lowest BCUT2D eigenvalue weighted by molar-refractivity contribution is 0.0689. The molecule has 1 fully saturated rings. The minimum Gasteiger partial charge on any atom is -0.339 e. The number of likely N-dealkylation sites (tertiary alicyclic amines) is 1. The number of amides is 1. The molecule has 0 N–H and O–H groups in total. The molecule has 0 aliphatic carbocycles. The summed E-state index contributed by atoms with van der Waals surface area (Å²) in [5.41, 5.74) is 2.49. The van der Waals surface area contributed by atoms with Gasteiger partial charge in [-0.2, -0.15) is 0 Å². The van der Waals surface area contributed by atoms with E-state index in [4.69, 9.17) is 0 Å². The summed E-state index contributed by atoms with van der Waals surface area (Å²) in [5.74, 6) is 1.04. The lowest BCUT2D eigenvalue weighted by Gasteiger charge is -2.32. The molecule has 0 radical (unpaired) electrons. The van der Waals surface area contributed by atoms with Crippen molar-refractivity contribution in [2.75, 3.05) is 13.1 Å². The Hall–Kier alpha value is -2.30. The summed E-state index contributed by atoms with van der Waals surface area (Å²) < 4.78 is 13.0. The molecule has 0 saturated carbocycles. The first-order valence-electron chi connectivity index (χ1n) is 8.37. The summed E-state index contributed by atoms with van der Waals surface area (Å²) in [5, 5.41) is 0. The number of rotatable bonds is 3. The Bertz CT molecular complexity index is 722. The maximum Gasteiger partial charge on any atom is 0.257 e. The average Bonchev–Trinajstić information content (AvgIpc) is 2.57. The number of carbonyl (C=O) groups excluding carboxylic acids is 1. The Labute approximate surface area is 141 Å². The zero-order chi connectivity index (χ0) is 17.1. The van der Waals surface area contributed by atoms with Crippen LogP contribution >= 0.6 is 0 Å². The number of aromatic nitrogens is 2. The van der Waals surface area contributed by atoms with Gasteiger partial charge in [0.15, 0.2) is 0 Å². The first-order chi connectivity index (χ1) is 11.5. The summed E-state index contributed by atoms with van der Waals surface area (Å²) >= 11 is 0. The van der Waals surface area contributed by atoms with Gasteiger partial charge < -0.3 is 4.90 Å². The molecule has 0 bridgehead atoms. The van der Waals surface area contributed by atoms with Crippen molar-refractivity contribution in [1.29, 1.82) is 0 Å². The molecule has 1 aromatic carbocycles. The van der Waals surface area contributed by atoms with Gasteiger partial charge in [0.2, 0.25) is 0 Å². The zero-order valence-corrected chi connectivity index (χ0v) is 14.1. The number of hydrogen-bond acceptors (Lipinski definition) is 3. The van der Waals surface area contributed by atoms with Crippen LogP contribution in [0.2, 0.25) is 0 Å². The van der Waals surface area contributed by atoms with Gasteiger partial charge >= 0.3 is 0 Å². The molecule has 1 saturated heterocycles. The smallest absolute Gasteiger partial charge is 0.257 e. The average molecular weight is 327 g/mol. The fourth-order valence-corrected chi connectivity index (χ4v) is 3.26. The Morgan fingerprint density at radius 3 is 2.50 bits per heavy atom. The van der Waals surface area contributed by atoms with Gasteiger partial charge in [-0.25, -0.2) is 14.4 Å². The lowest BCUT2D eigenvalue weighted by Crippen LogP contribution is -2.39. The van der Waals surface area contributed by atoms with Crippen LogP contribution < -0.4 is 0 Å². The second-order valence-corrected chi connectivity index (χ2v) is 6.48. The zero-order valence-electron chi connectivity index (χ0n) is 14.1. The summed E-state index contributed by atoms with van der Waals surface area (Å²) in [4.78, 5) is 23.0. The Kier molecular flexibility index (Phi) is 4.88. The number of nitrogens with zero attached hydrogens (tertiary/aromatic N) is 3. The highest BCUT2D eigenvalue weighted by Crippen LogP contribution is 2.23. The van der Waals surface area contributed by atoms with E-state index >= 15 is 0 Å². The van der Waals surface area contributed by atoms with Crippen molar-refractivity contribution in [3.05, 3.63) is 58.9 Å². The second-order valence-electron chi connectivity index (χ2n) is 6.48. The number of benzene rings is 1. The molecule has 1 aliphatic rings. The van der Waals surface area contributed by atoms with Gasteiger partial charge in [0.1, 0.15) is 11.6 Å². The Morgan fingerprint density at radius 1 is 1.21 bits per heavy atom. The molecule has 1 aromatic heterocycles. The van der Waals surface area contributed by atoms with Gasteiger partial charge in [0.05, 0.1) is 11.3 Å². The van der Waals surface area contributed by atoms with E-state index < -0.39 is 0 Å². The highest BCUT2D eigenvalue weighted by molar-refractivity contribution is 5.95. The first-order valence-corrected chi connectivity index (χ1v) is 8.37. The van der Waals surface area contributed by atoms with Crippen molar-refractivity contribution in [2.24, 2.45) is 5.92 Å². The van der Waals surface area contributed by atoms with Crippen molar-refractivity contribution in [2.45, 2.75) is 33.1 Å². The highest BCUT2D eigenvalue weighted by Gasteiger charge is 2.25. The minimum absolute atomic E-state index is 0.0210. The molecule has 2 heterocycles. The summed E-state index contributed by atoms with van der Waals surface area (Å²) in [7, 11) is 0. The van der Waals surface area contributed by atoms with E-state index in [0.29, 0.717) is 17.3 Å². The van der Waals surface area contributed by atoms with Crippen LogP contribution in [-0.2, 0) is 6.42 Å². The molecule has 0 atom stereocenters. The molecule has 0 unspecified atom stereocenters. The highest BCUT2D eigenvalue weighted by atomic mass is 19.1. The number of hydrogen-bond donors (Lipinski definition) is 0. The van der Waals surface area contributed by atoms with Crippen molar-refractivity contribution in [3.8, 4) is 0 Å². The largest absolute Gasteiger partial charge is 0.339 e. The van der Waals surface area contributed by atoms with Crippen LogP contribution in [0.3, 0.4) is 0 Å². The van der Waals surface area contributed by atoms with Crippen LogP contribution in [-0.4, -0.2) is 33.9 Å². The Balaban J connectivity index is 1.58. The second kappa shape index (κ2) is 7.07. The maximum absolute atomic E-state index is 13.0. The van der Waals surface area contributed by atoms with Gasteiger partial charge in [-0.05, 0) is 56.7 Å². The summed E-state index contributed by atoms with van der Waals surface area (Å²) in [6.45, 7) is 5.17. The lowest BCUT2D eigenvalue weighted by atomic mass is 9.90. The molecule has 126 valence electrons. The fourth-order valence-electron chi connectivity index (χ4n) is 3.26. The van der Waals surface area contributed by atoms with E-state index in [0.717, 1.165) is 43.6 Å². The monoisotopic (exact) mass is 327 g/mol. The van der Waals surface area contributed by atoms with E-state index in [9.17, 15) is 9.18 Å². The predicted molar refractivity (Wildman–Crippen MR) is 90.2 cm³/mol. The van der Waals surface area contributed by atoms with E-state index in [1.54, 1.807) is 6.20 Å². The molecule has 4 nitrogen and oxygen atoms in total. The third-order valence-corrected chi connectivity index (χ3v) is 4.67. The number of halogens is 1. The number of aryl methyl sites for hydroxylation is 2. The quantitative estimate of drug-likeness (QED) is 0.869. The molecule has 5 heteroatoms. The van der Waals surface area contributed by atoms with E-state index in [1.807, 2.05) is 30.9 Å². The predicted octanol–water partition coefficient (Wildman–Crippen LogP) is 3.33. The third kappa shape index (κ3) is 3.78. The van der Waals surface area contributed by atoms with Crippen molar-refractivity contribution in [3.63, 3.8) is 0 Å². The SMILES string of the molecule is Cc1ncc(C(=O)N2CCC(Cc3ccc(F)cc3)CC2)c(C)n1. The molecular weight excluding hydrogens is 305 g/mol. The third-order valence-electron chi connectivity index (χ3n) is 4.67. The maximum atomic E-state index is 13.0. The first kappa shape index (κ1) is 16.6. The van der Waals surface area contributed by atoms with E-state index in [-0.39, 0.29) is 11.7 Å². The number of piperidine rings is 1. The van der Waals surface area contributed by atoms with Crippen molar-refractivity contribution < 1.29 is 9.18 Å². The van der Waals surface area contributed by atoms with Gasteiger partial charge in [-0.1, -0.05) is 12.1 Å². The summed E-state index contributed by atoms with van der Waals surface area (Å²) in [6, 6.07) is 6.71. The topological polar surface area (TPSA) is 46.1 Å². The molecule has 1 amide bonds. The molecule has 2 aromatic rings. The number of carbonyl (C=O) groups is 1. The van der Waals surface area contributed by atoms with Crippen LogP contribution in [0.5, 0.6) is 0 Å². The molecule has 3 rings (SSSR count). The van der Waals surface area contributed by atoms with Crippen LogP contribution in [0.15, 0.2) is 30.5 Å². The van der Waals surface area contributed by atoms with Gasteiger partial charge in [-0.3, -0.25) is 4.79 Å². The van der Waals surface area contributed by atoms with E-state index in [2.05, 4.69) is 9.97 Å². The Morgan fingerprint density at radius 2 is 1.88 bits per heavy atom. The standard InChI is InChI=1S/C19H22FN3O/c1-13-18(12-21-14(2)22-13)19(24)23-9-7-16(8-10-23)11-15-3-5-17(20)6-4-15/h3-6,12,16H,7-11H2,1-2H3. The van der Waals surface area contributed by atoms with Gasteiger partial charge in [0, 0.05) is 19.3 Å². The van der Waals surface area contributed by atoms with Crippen molar-refractivity contribution >= 4 is 5.91 Å².